The summed E-state index contributed by atoms with van der Waals surface area (Å²) in [6.07, 6.45) is 2.47. The lowest BCUT2D eigenvalue weighted by molar-refractivity contribution is -0.120. The van der Waals surface area contributed by atoms with Gasteiger partial charge in [-0.15, -0.1) is 0 Å². The molecule has 2 aromatic heterocycles. The van der Waals surface area contributed by atoms with Crippen molar-refractivity contribution in [2.75, 3.05) is 5.32 Å². The summed E-state index contributed by atoms with van der Waals surface area (Å²) < 4.78 is 0. The van der Waals surface area contributed by atoms with Gasteiger partial charge in [0, 0.05) is 39.5 Å². The number of fused-ring (bicyclic) bond motifs is 2. The molecule has 0 radical (unpaired) electrons. The second-order valence-electron chi connectivity index (χ2n) is 7.96. The van der Waals surface area contributed by atoms with Crippen LogP contribution in [-0.2, 0) is 11.2 Å². The third-order valence-electron chi connectivity index (χ3n) is 5.97. The van der Waals surface area contributed by atoms with Crippen LogP contribution >= 0.6 is 11.6 Å². The lowest BCUT2D eigenvalue weighted by Crippen LogP contribution is -2.33. The Labute approximate surface area is 179 Å². The van der Waals surface area contributed by atoms with Gasteiger partial charge in [-0.3, -0.25) is 14.9 Å². The van der Waals surface area contributed by atoms with E-state index in [-0.39, 0.29) is 17.7 Å². The highest BCUT2D eigenvalue weighted by molar-refractivity contribution is 6.30. The van der Waals surface area contributed by atoms with Crippen molar-refractivity contribution in [2.45, 2.75) is 26.2 Å². The minimum Gasteiger partial charge on any atom is -0.325 e. The molecule has 5 rings (SSSR count). The van der Waals surface area contributed by atoms with Gasteiger partial charge >= 0.3 is 0 Å². The van der Waals surface area contributed by atoms with Crippen LogP contribution in [0, 0.1) is 12.8 Å². The van der Waals surface area contributed by atoms with Crippen LogP contribution in [0.3, 0.4) is 0 Å². The number of carbonyl (C=O) groups excluding carboxylic acids is 1. The molecule has 0 saturated carbocycles. The second kappa shape index (κ2) is 7.26. The Kier molecular flexibility index (Phi) is 4.55. The number of rotatable bonds is 3. The van der Waals surface area contributed by atoms with E-state index in [1.807, 2.05) is 49.4 Å². The standard InChI is InChI=1S/C24H21ClN4O/c1-13-8-16(6-7-26-13)23-20-11-17-10-19(14(2)15-4-3-5-18(25)9-15)24(30)27-21(17)12-22(20)28-29-23/h3-9,11-12,14,19H,10H2,1-2H3,(H,27,30)(H,28,29). The normalized spacial score (nSPS) is 16.9. The lowest BCUT2D eigenvalue weighted by atomic mass is 9.80. The van der Waals surface area contributed by atoms with Crippen LogP contribution in [0.15, 0.2) is 54.7 Å². The van der Waals surface area contributed by atoms with Gasteiger partial charge in [0.2, 0.25) is 5.91 Å². The number of amides is 1. The molecular weight excluding hydrogens is 396 g/mol. The molecule has 1 aliphatic rings. The monoisotopic (exact) mass is 416 g/mol. The molecule has 0 bridgehead atoms. The molecule has 1 aliphatic heterocycles. The largest absolute Gasteiger partial charge is 0.325 e. The van der Waals surface area contributed by atoms with Crippen molar-refractivity contribution in [3.63, 3.8) is 0 Å². The topological polar surface area (TPSA) is 70.7 Å². The Bertz CT molecular complexity index is 1280. The van der Waals surface area contributed by atoms with Crippen LogP contribution in [0.1, 0.15) is 29.7 Å². The van der Waals surface area contributed by atoms with E-state index >= 15 is 0 Å². The molecule has 2 unspecified atom stereocenters. The molecule has 150 valence electrons. The second-order valence-corrected chi connectivity index (χ2v) is 8.39. The number of hydrogen-bond acceptors (Lipinski definition) is 3. The summed E-state index contributed by atoms with van der Waals surface area (Å²) >= 11 is 6.17. The van der Waals surface area contributed by atoms with Crippen LogP contribution in [0.5, 0.6) is 0 Å². The first-order valence-corrected chi connectivity index (χ1v) is 10.4. The van der Waals surface area contributed by atoms with Crippen LogP contribution < -0.4 is 5.32 Å². The molecule has 0 spiro atoms. The van der Waals surface area contributed by atoms with E-state index in [9.17, 15) is 4.79 Å². The molecule has 2 aromatic carbocycles. The SMILES string of the molecule is Cc1cc(-c2n[nH]c3cc4c(cc23)CC(C(C)c2cccc(Cl)c2)C(=O)N4)ccn1. The third kappa shape index (κ3) is 3.25. The van der Waals surface area contributed by atoms with E-state index in [2.05, 4.69) is 33.5 Å². The summed E-state index contributed by atoms with van der Waals surface area (Å²) in [7, 11) is 0. The Balaban J connectivity index is 1.54. The van der Waals surface area contributed by atoms with E-state index in [4.69, 9.17) is 11.6 Å². The third-order valence-corrected chi connectivity index (χ3v) is 6.20. The predicted octanol–water partition coefficient (Wildman–Crippen LogP) is 5.50. The number of carbonyl (C=O) groups is 1. The number of aromatic nitrogens is 3. The number of nitrogens with one attached hydrogen (secondary N) is 2. The zero-order valence-corrected chi connectivity index (χ0v) is 17.5. The van der Waals surface area contributed by atoms with E-state index in [1.165, 1.54) is 0 Å². The summed E-state index contributed by atoms with van der Waals surface area (Å²) in [6, 6.07) is 15.9. The highest BCUT2D eigenvalue weighted by atomic mass is 35.5. The first-order valence-electron chi connectivity index (χ1n) is 10.00. The number of benzene rings is 2. The van der Waals surface area contributed by atoms with Crippen molar-refractivity contribution in [1.82, 2.24) is 15.2 Å². The molecule has 0 aliphatic carbocycles. The first kappa shape index (κ1) is 18.8. The highest BCUT2D eigenvalue weighted by Crippen LogP contribution is 2.38. The number of hydrogen-bond donors (Lipinski definition) is 2. The Morgan fingerprint density at radius 2 is 2.03 bits per heavy atom. The summed E-state index contributed by atoms with van der Waals surface area (Å²) in [5, 5.41) is 12.5. The van der Waals surface area contributed by atoms with E-state index in [0.29, 0.717) is 11.4 Å². The summed E-state index contributed by atoms with van der Waals surface area (Å²) in [4.78, 5) is 17.2. The minimum absolute atomic E-state index is 0.0406. The van der Waals surface area contributed by atoms with Gasteiger partial charge < -0.3 is 5.32 Å². The fourth-order valence-electron chi connectivity index (χ4n) is 4.29. The van der Waals surface area contributed by atoms with E-state index < -0.39 is 0 Å². The van der Waals surface area contributed by atoms with Gasteiger partial charge in [0.15, 0.2) is 0 Å². The van der Waals surface area contributed by atoms with Crippen molar-refractivity contribution in [2.24, 2.45) is 5.92 Å². The number of halogens is 1. The number of H-pyrrole nitrogens is 1. The number of nitrogens with zero attached hydrogens (tertiary/aromatic N) is 2. The maximum Gasteiger partial charge on any atom is 0.228 e. The highest BCUT2D eigenvalue weighted by Gasteiger charge is 2.32. The Morgan fingerprint density at radius 3 is 2.83 bits per heavy atom. The maximum absolute atomic E-state index is 12.9. The number of aryl methyl sites for hydroxylation is 1. The van der Waals surface area contributed by atoms with Crippen molar-refractivity contribution >= 4 is 34.1 Å². The van der Waals surface area contributed by atoms with Gasteiger partial charge in [-0.05, 0) is 66.8 Å². The maximum atomic E-state index is 12.9. The molecule has 5 nitrogen and oxygen atoms in total. The Morgan fingerprint density at radius 1 is 1.17 bits per heavy atom. The zero-order valence-electron chi connectivity index (χ0n) is 16.7. The first-order chi connectivity index (χ1) is 14.5. The molecule has 2 atom stereocenters. The summed E-state index contributed by atoms with van der Waals surface area (Å²) in [5.74, 6) is -0.0648. The zero-order chi connectivity index (χ0) is 20.8. The average Bonchev–Trinajstić information content (AvgIpc) is 3.14. The van der Waals surface area contributed by atoms with Gasteiger partial charge in [-0.1, -0.05) is 30.7 Å². The molecule has 2 N–H and O–H groups in total. The van der Waals surface area contributed by atoms with Gasteiger partial charge in [0.05, 0.1) is 5.52 Å². The quantitative estimate of drug-likeness (QED) is 0.463. The number of aromatic amines is 1. The van der Waals surface area contributed by atoms with Gasteiger partial charge in [-0.2, -0.15) is 5.10 Å². The summed E-state index contributed by atoms with van der Waals surface area (Å²) in [5.41, 5.74) is 6.82. The van der Waals surface area contributed by atoms with Crippen LogP contribution in [0.4, 0.5) is 5.69 Å². The smallest absolute Gasteiger partial charge is 0.228 e. The van der Waals surface area contributed by atoms with Crippen molar-refractivity contribution in [3.05, 3.63) is 76.6 Å². The Hall–Kier alpha value is -3.18. The molecule has 30 heavy (non-hydrogen) atoms. The van der Waals surface area contributed by atoms with Crippen molar-refractivity contribution in [3.8, 4) is 11.3 Å². The number of anilines is 1. The molecule has 0 fully saturated rings. The van der Waals surface area contributed by atoms with Crippen molar-refractivity contribution < 1.29 is 4.79 Å². The van der Waals surface area contributed by atoms with Crippen LogP contribution in [0.2, 0.25) is 5.02 Å². The molecule has 0 saturated heterocycles. The summed E-state index contributed by atoms with van der Waals surface area (Å²) in [6.45, 7) is 4.06. The van der Waals surface area contributed by atoms with Crippen LogP contribution in [0.25, 0.3) is 22.2 Å². The van der Waals surface area contributed by atoms with Crippen LogP contribution in [-0.4, -0.2) is 21.1 Å². The number of pyridine rings is 1. The van der Waals surface area contributed by atoms with Crippen molar-refractivity contribution in [1.29, 1.82) is 0 Å². The lowest BCUT2D eigenvalue weighted by Gasteiger charge is -2.29. The van der Waals surface area contributed by atoms with E-state index in [0.717, 1.165) is 44.7 Å². The van der Waals surface area contributed by atoms with Gasteiger partial charge in [-0.25, -0.2) is 0 Å². The molecular formula is C24H21ClN4O. The fraction of sp³-hybridized carbons (Fsp3) is 0.208. The minimum atomic E-state index is -0.160. The molecule has 6 heteroatoms. The molecule has 1 amide bonds. The van der Waals surface area contributed by atoms with Gasteiger partial charge in [0.1, 0.15) is 5.69 Å². The predicted molar refractivity (Wildman–Crippen MR) is 120 cm³/mol. The van der Waals surface area contributed by atoms with Gasteiger partial charge in [0.25, 0.3) is 0 Å². The van der Waals surface area contributed by atoms with E-state index in [1.54, 1.807) is 6.20 Å². The fourth-order valence-corrected chi connectivity index (χ4v) is 4.49. The molecule has 3 heterocycles. The average molecular weight is 417 g/mol. The molecule has 4 aromatic rings.